The minimum atomic E-state index is -0.869. The number of carbonyl (C=O) groups excluding carboxylic acids is 1. The maximum atomic E-state index is 12.3. The summed E-state index contributed by atoms with van der Waals surface area (Å²) < 4.78 is 0. The van der Waals surface area contributed by atoms with E-state index in [0.717, 1.165) is 25.9 Å². The molecule has 0 saturated heterocycles. The smallest absolute Gasteiger partial charge is 0.320 e. The van der Waals surface area contributed by atoms with Gasteiger partial charge in [-0.3, -0.25) is 4.79 Å². The fraction of sp³-hybridized carbons (Fsp3) is 0.846. The maximum absolute atomic E-state index is 12.3. The molecule has 0 radical (unpaired) electrons. The van der Waals surface area contributed by atoms with Crippen LogP contribution in [0.25, 0.3) is 0 Å². The van der Waals surface area contributed by atoms with Gasteiger partial charge in [-0.15, -0.1) is 0 Å². The van der Waals surface area contributed by atoms with Gasteiger partial charge in [0.05, 0.1) is 6.42 Å². The number of carboxylic acid groups (broad SMARTS) is 1. The van der Waals surface area contributed by atoms with Crippen LogP contribution < -0.4 is 0 Å². The summed E-state index contributed by atoms with van der Waals surface area (Å²) in [6.45, 7) is 9.72. The molecule has 1 N–H and O–H groups in total. The summed E-state index contributed by atoms with van der Waals surface area (Å²) in [4.78, 5) is 26.5. The molecule has 5 heteroatoms. The average molecular weight is 258 g/mol. The van der Waals surface area contributed by atoms with E-state index in [0.29, 0.717) is 6.54 Å². The molecule has 2 amide bonds. The second kappa shape index (κ2) is 8.78. The summed E-state index contributed by atoms with van der Waals surface area (Å²) in [6, 6.07) is -0.314. The van der Waals surface area contributed by atoms with Gasteiger partial charge in [0.2, 0.25) is 0 Å². The number of carbonyl (C=O) groups is 2. The Morgan fingerprint density at radius 3 is 1.94 bits per heavy atom. The molecule has 0 fully saturated rings. The lowest BCUT2D eigenvalue weighted by molar-refractivity contribution is -0.138. The number of nitrogens with zero attached hydrogens (tertiary/aromatic N) is 2. The molecule has 0 spiro atoms. The fourth-order valence-corrected chi connectivity index (χ4v) is 2.02. The highest BCUT2D eigenvalue weighted by Crippen LogP contribution is 2.09. The van der Waals surface area contributed by atoms with Crippen molar-refractivity contribution >= 4 is 12.0 Å². The number of urea groups is 1. The van der Waals surface area contributed by atoms with Crippen LogP contribution in [0.3, 0.4) is 0 Å². The van der Waals surface area contributed by atoms with Gasteiger partial charge in [-0.25, -0.2) is 4.79 Å². The van der Waals surface area contributed by atoms with Crippen LogP contribution in [0, 0.1) is 0 Å². The van der Waals surface area contributed by atoms with Crippen LogP contribution >= 0.6 is 0 Å². The van der Waals surface area contributed by atoms with Crippen molar-refractivity contribution < 1.29 is 14.7 Å². The van der Waals surface area contributed by atoms with Crippen LogP contribution in [-0.4, -0.2) is 52.6 Å². The van der Waals surface area contributed by atoms with Crippen molar-refractivity contribution in [2.75, 3.05) is 19.6 Å². The minimum Gasteiger partial charge on any atom is -0.481 e. The van der Waals surface area contributed by atoms with Crippen molar-refractivity contribution in [3.05, 3.63) is 0 Å². The molecule has 0 saturated carbocycles. The normalized spacial score (nSPS) is 12.0. The van der Waals surface area contributed by atoms with Gasteiger partial charge in [-0.2, -0.15) is 0 Å². The van der Waals surface area contributed by atoms with Gasteiger partial charge >= 0.3 is 12.0 Å². The Morgan fingerprint density at radius 2 is 1.61 bits per heavy atom. The van der Waals surface area contributed by atoms with Gasteiger partial charge in [0, 0.05) is 25.7 Å². The average Bonchev–Trinajstić information content (AvgIpc) is 2.28. The lowest BCUT2D eigenvalue weighted by Crippen LogP contribution is -2.48. The van der Waals surface area contributed by atoms with Crippen molar-refractivity contribution in [1.82, 2.24) is 9.80 Å². The summed E-state index contributed by atoms with van der Waals surface area (Å²) >= 11 is 0. The van der Waals surface area contributed by atoms with E-state index < -0.39 is 5.97 Å². The van der Waals surface area contributed by atoms with Crippen molar-refractivity contribution in [3.8, 4) is 0 Å². The molecule has 0 aromatic carbocycles. The first kappa shape index (κ1) is 16.7. The number of aliphatic carboxylic acids is 1. The van der Waals surface area contributed by atoms with Crippen molar-refractivity contribution in [3.63, 3.8) is 0 Å². The third-order valence-corrected chi connectivity index (χ3v) is 2.85. The van der Waals surface area contributed by atoms with Crippen molar-refractivity contribution in [2.45, 2.75) is 53.0 Å². The predicted molar refractivity (Wildman–Crippen MR) is 71.6 cm³/mol. The standard InChI is InChI=1S/C13H26N2O3/c1-5-8-14(9-6-2)13(18)15(7-3)11(4)10-12(16)17/h11H,5-10H2,1-4H3,(H,16,17). The first-order valence-corrected chi connectivity index (χ1v) is 6.75. The SMILES string of the molecule is CCCN(CCC)C(=O)N(CC)C(C)CC(=O)O. The lowest BCUT2D eigenvalue weighted by atomic mass is 10.2. The van der Waals surface area contributed by atoms with Crippen LogP contribution in [0.4, 0.5) is 4.79 Å². The molecule has 0 aromatic heterocycles. The lowest BCUT2D eigenvalue weighted by Gasteiger charge is -2.33. The molecule has 0 aromatic rings. The topological polar surface area (TPSA) is 60.9 Å². The zero-order valence-corrected chi connectivity index (χ0v) is 12.0. The second-order valence-electron chi connectivity index (χ2n) is 4.50. The summed E-state index contributed by atoms with van der Waals surface area (Å²) in [7, 11) is 0. The van der Waals surface area contributed by atoms with Crippen LogP contribution in [0.2, 0.25) is 0 Å². The zero-order valence-electron chi connectivity index (χ0n) is 12.0. The molecule has 0 heterocycles. The van der Waals surface area contributed by atoms with Crippen LogP contribution in [0.15, 0.2) is 0 Å². The van der Waals surface area contributed by atoms with Crippen LogP contribution in [0.5, 0.6) is 0 Å². The van der Waals surface area contributed by atoms with E-state index >= 15 is 0 Å². The van der Waals surface area contributed by atoms with Crippen molar-refractivity contribution in [1.29, 1.82) is 0 Å². The van der Waals surface area contributed by atoms with E-state index in [1.807, 2.05) is 25.7 Å². The Hall–Kier alpha value is -1.26. The number of hydrogen-bond donors (Lipinski definition) is 1. The van der Waals surface area contributed by atoms with Crippen LogP contribution in [0.1, 0.15) is 47.0 Å². The monoisotopic (exact) mass is 258 g/mol. The summed E-state index contributed by atoms with van der Waals surface area (Å²) in [5.74, 6) is -0.869. The Bertz CT molecular complexity index is 263. The quantitative estimate of drug-likeness (QED) is 0.727. The molecule has 0 aliphatic rings. The molecule has 0 bridgehead atoms. The Morgan fingerprint density at radius 1 is 1.11 bits per heavy atom. The Kier molecular flexibility index (Phi) is 8.16. The summed E-state index contributed by atoms with van der Waals surface area (Å²) in [5.41, 5.74) is 0. The third kappa shape index (κ3) is 5.38. The largest absolute Gasteiger partial charge is 0.481 e. The number of rotatable bonds is 8. The predicted octanol–water partition coefficient (Wildman–Crippen LogP) is 2.41. The molecule has 0 rings (SSSR count). The fourth-order valence-electron chi connectivity index (χ4n) is 2.02. The molecule has 1 unspecified atom stereocenters. The molecular formula is C13H26N2O3. The van der Waals surface area contributed by atoms with Gasteiger partial charge in [0.25, 0.3) is 0 Å². The first-order valence-electron chi connectivity index (χ1n) is 6.75. The maximum Gasteiger partial charge on any atom is 0.320 e. The van der Waals surface area contributed by atoms with E-state index in [4.69, 9.17) is 5.11 Å². The molecule has 18 heavy (non-hydrogen) atoms. The van der Waals surface area contributed by atoms with E-state index in [2.05, 4.69) is 0 Å². The second-order valence-corrected chi connectivity index (χ2v) is 4.50. The number of hydrogen-bond acceptors (Lipinski definition) is 2. The van der Waals surface area contributed by atoms with E-state index in [-0.39, 0.29) is 18.5 Å². The molecule has 5 nitrogen and oxygen atoms in total. The van der Waals surface area contributed by atoms with Gasteiger partial charge < -0.3 is 14.9 Å². The van der Waals surface area contributed by atoms with Crippen LogP contribution in [-0.2, 0) is 4.79 Å². The van der Waals surface area contributed by atoms with E-state index in [9.17, 15) is 9.59 Å². The highest BCUT2D eigenvalue weighted by molar-refractivity contribution is 5.76. The third-order valence-electron chi connectivity index (χ3n) is 2.85. The van der Waals surface area contributed by atoms with Gasteiger partial charge in [-0.1, -0.05) is 13.8 Å². The summed E-state index contributed by atoms with van der Waals surface area (Å²) in [6.07, 6.45) is 1.82. The molecule has 0 aliphatic heterocycles. The minimum absolute atomic E-state index is 0.00826. The van der Waals surface area contributed by atoms with Gasteiger partial charge in [0.15, 0.2) is 0 Å². The highest BCUT2D eigenvalue weighted by atomic mass is 16.4. The molecule has 0 aliphatic carbocycles. The molecule has 1 atom stereocenters. The van der Waals surface area contributed by atoms with E-state index in [1.165, 1.54) is 0 Å². The van der Waals surface area contributed by atoms with Gasteiger partial charge in [-0.05, 0) is 26.7 Å². The van der Waals surface area contributed by atoms with Gasteiger partial charge in [0.1, 0.15) is 0 Å². The Labute approximate surface area is 110 Å². The Balaban J connectivity index is 4.68. The number of amides is 2. The highest BCUT2D eigenvalue weighted by Gasteiger charge is 2.24. The first-order chi connectivity index (χ1) is 8.47. The molecular weight excluding hydrogens is 232 g/mol. The number of carboxylic acids is 1. The molecule has 106 valence electrons. The van der Waals surface area contributed by atoms with E-state index in [1.54, 1.807) is 11.8 Å². The zero-order chi connectivity index (χ0) is 14.1. The van der Waals surface area contributed by atoms with Crippen molar-refractivity contribution in [2.24, 2.45) is 0 Å². The summed E-state index contributed by atoms with van der Waals surface area (Å²) in [5, 5.41) is 8.80.